The first-order valence-electron chi connectivity index (χ1n) is 8.39. The predicted octanol–water partition coefficient (Wildman–Crippen LogP) is 2.05. The van der Waals surface area contributed by atoms with Crippen molar-refractivity contribution in [1.82, 2.24) is 10.2 Å². The van der Waals surface area contributed by atoms with Crippen LogP contribution in [-0.2, 0) is 9.84 Å². The van der Waals surface area contributed by atoms with Gasteiger partial charge in [-0.05, 0) is 32.1 Å². The number of sulfone groups is 1. The second-order valence-electron chi connectivity index (χ2n) is 7.65. The SMILES string of the molecule is CCC1(CC)CN(C2(C)CCS(=O)(=O)C2)C(C(C)C)CN1. The molecule has 2 fully saturated rings. The Hall–Kier alpha value is -0.130. The van der Waals surface area contributed by atoms with E-state index in [1.165, 1.54) is 0 Å². The lowest BCUT2D eigenvalue weighted by molar-refractivity contribution is -0.0174. The van der Waals surface area contributed by atoms with Crippen LogP contribution in [0, 0.1) is 5.92 Å². The van der Waals surface area contributed by atoms with E-state index in [2.05, 4.69) is 44.8 Å². The maximum atomic E-state index is 12.0. The van der Waals surface area contributed by atoms with Gasteiger partial charge < -0.3 is 5.32 Å². The fourth-order valence-electron chi connectivity index (χ4n) is 4.06. The van der Waals surface area contributed by atoms with Crippen molar-refractivity contribution in [3.63, 3.8) is 0 Å². The van der Waals surface area contributed by atoms with Crippen LogP contribution >= 0.6 is 0 Å². The molecule has 0 bridgehead atoms. The molecule has 0 radical (unpaired) electrons. The molecule has 0 saturated carbocycles. The van der Waals surface area contributed by atoms with E-state index < -0.39 is 9.84 Å². The Bertz CT molecular complexity index is 471. The minimum absolute atomic E-state index is 0.140. The summed E-state index contributed by atoms with van der Waals surface area (Å²) in [6.45, 7) is 13.1. The quantitative estimate of drug-likeness (QED) is 0.862. The molecule has 2 aliphatic heterocycles. The molecule has 5 heteroatoms. The Kier molecular flexibility index (Phi) is 4.77. The van der Waals surface area contributed by atoms with Gasteiger partial charge in [-0.25, -0.2) is 8.42 Å². The van der Waals surface area contributed by atoms with Gasteiger partial charge in [-0.15, -0.1) is 0 Å². The van der Waals surface area contributed by atoms with Gasteiger partial charge in [0.05, 0.1) is 11.5 Å². The number of nitrogens with one attached hydrogen (secondary N) is 1. The third kappa shape index (κ3) is 3.30. The summed E-state index contributed by atoms with van der Waals surface area (Å²) < 4.78 is 24.0. The standard InChI is InChI=1S/C16H32N2O2S/c1-6-16(7-2)11-18(14(10-17-16)13(3)4)15(5)8-9-21(19,20)12-15/h13-14,17H,6-12H2,1-5H3. The van der Waals surface area contributed by atoms with E-state index in [-0.39, 0.29) is 11.1 Å². The normalized spacial score (nSPS) is 36.2. The summed E-state index contributed by atoms with van der Waals surface area (Å²) in [6.07, 6.45) is 2.96. The molecule has 0 spiro atoms. The van der Waals surface area contributed by atoms with Crippen LogP contribution in [0.3, 0.4) is 0 Å². The molecule has 2 atom stereocenters. The van der Waals surface area contributed by atoms with Gasteiger partial charge in [-0.1, -0.05) is 27.7 Å². The van der Waals surface area contributed by atoms with E-state index >= 15 is 0 Å². The average molecular weight is 317 g/mol. The number of piperazine rings is 1. The van der Waals surface area contributed by atoms with Crippen molar-refractivity contribution in [3.8, 4) is 0 Å². The summed E-state index contributed by atoms with van der Waals surface area (Å²) in [4.78, 5) is 2.53. The van der Waals surface area contributed by atoms with Crippen LogP contribution in [0.5, 0.6) is 0 Å². The smallest absolute Gasteiger partial charge is 0.152 e. The molecule has 2 heterocycles. The Labute approximate surface area is 130 Å². The van der Waals surface area contributed by atoms with E-state index in [0.717, 1.165) is 32.4 Å². The Balaban J connectivity index is 2.30. The van der Waals surface area contributed by atoms with E-state index in [4.69, 9.17) is 0 Å². The molecule has 2 unspecified atom stereocenters. The second kappa shape index (κ2) is 5.82. The molecule has 0 aliphatic carbocycles. The zero-order valence-corrected chi connectivity index (χ0v) is 15.1. The highest BCUT2D eigenvalue weighted by Gasteiger charge is 2.49. The molecule has 4 nitrogen and oxygen atoms in total. The summed E-state index contributed by atoms with van der Waals surface area (Å²) in [7, 11) is -2.87. The molecule has 0 aromatic heterocycles. The van der Waals surface area contributed by atoms with Crippen LogP contribution in [0.25, 0.3) is 0 Å². The van der Waals surface area contributed by atoms with Gasteiger partial charge in [0, 0.05) is 30.2 Å². The maximum Gasteiger partial charge on any atom is 0.152 e. The highest BCUT2D eigenvalue weighted by molar-refractivity contribution is 7.91. The largest absolute Gasteiger partial charge is 0.308 e. The van der Waals surface area contributed by atoms with E-state index in [9.17, 15) is 8.42 Å². The Morgan fingerprint density at radius 2 is 1.90 bits per heavy atom. The fraction of sp³-hybridized carbons (Fsp3) is 1.00. The lowest BCUT2D eigenvalue weighted by Gasteiger charge is -2.54. The van der Waals surface area contributed by atoms with E-state index in [0.29, 0.717) is 23.5 Å². The molecule has 21 heavy (non-hydrogen) atoms. The van der Waals surface area contributed by atoms with Crippen molar-refractivity contribution in [1.29, 1.82) is 0 Å². The van der Waals surface area contributed by atoms with Gasteiger partial charge in [-0.3, -0.25) is 4.90 Å². The summed E-state index contributed by atoms with van der Waals surface area (Å²) >= 11 is 0. The minimum Gasteiger partial charge on any atom is -0.308 e. The number of hydrogen-bond donors (Lipinski definition) is 1. The molecule has 124 valence electrons. The third-order valence-electron chi connectivity index (χ3n) is 5.86. The lowest BCUT2D eigenvalue weighted by Crippen LogP contribution is -2.70. The van der Waals surface area contributed by atoms with Crippen LogP contribution in [0.2, 0.25) is 0 Å². The first kappa shape index (κ1) is 17.2. The summed E-state index contributed by atoms with van der Waals surface area (Å²) in [5.41, 5.74) is -0.0494. The topological polar surface area (TPSA) is 49.4 Å². The third-order valence-corrected chi connectivity index (χ3v) is 7.75. The highest BCUT2D eigenvalue weighted by atomic mass is 32.2. The van der Waals surface area contributed by atoms with Crippen molar-refractivity contribution in [2.45, 2.75) is 71.0 Å². The molecule has 2 rings (SSSR count). The Morgan fingerprint density at radius 3 is 2.33 bits per heavy atom. The fourth-order valence-corrected chi connectivity index (χ4v) is 6.21. The van der Waals surface area contributed by atoms with Crippen LogP contribution < -0.4 is 5.32 Å². The highest BCUT2D eigenvalue weighted by Crippen LogP contribution is 2.37. The van der Waals surface area contributed by atoms with Crippen LogP contribution in [0.15, 0.2) is 0 Å². The number of hydrogen-bond acceptors (Lipinski definition) is 4. The number of rotatable bonds is 4. The van der Waals surface area contributed by atoms with E-state index in [1.54, 1.807) is 0 Å². The monoisotopic (exact) mass is 316 g/mol. The van der Waals surface area contributed by atoms with Crippen molar-refractivity contribution < 1.29 is 8.42 Å². The first-order chi connectivity index (χ1) is 9.67. The van der Waals surface area contributed by atoms with Crippen LogP contribution in [0.1, 0.15) is 53.9 Å². The van der Waals surface area contributed by atoms with Gasteiger partial charge in [-0.2, -0.15) is 0 Å². The minimum atomic E-state index is -2.87. The van der Waals surface area contributed by atoms with Gasteiger partial charge in [0.25, 0.3) is 0 Å². The lowest BCUT2D eigenvalue weighted by atomic mass is 9.82. The molecule has 0 aromatic carbocycles. The van der Waals surface area contributed by atoms with Crippen LogP contribution in [-0.4, -0.2) is 55.0 Å². The van der Waals surface area contributed by atoms with Crippen molar-refractivity contribution >= 4 is 9.84 Å². The maximum absolute atomic E-state index is 12.0. The van der Waals surface area contributed by atoms with Gasteiger partial charge >= 0.3 is 0 Å². The summed E-state index contributed by atoms with van der Waals surface area (Å²) in [6, 6.07) is 0.425. The van der Waals surface area contributed by atoms with Gasteiger partial charge in [0.2, 0.25) is 0 Å². The van der Waals surface area contributed by atoms with Crippen molar-refractivity contribution in [2.75, 3.05) is 24.6 Å². The van der Waals surface area contributed by atoms with Crippen LogP contribution in [0.4, 0.5) is 0 Å². The van der Waals surface area contributed by atoms with Crippen molar-refractivity contribution in [3.05, 3.63) is 0 Å². The first-order valence-corrected chi connectivity index (χ1v) is 10.2. The van der Waals surface area contributed by atoms with Gasteiger partial charge in [0.1, 0.15) is 0 Å². The molecule has 0 aromatic rings. The van der Waals surface area contributed by atoms with E-state index in [1.807, 2.05) is 0 Å². The molecule has 2 aliphatic rings. The molecular formula is C16H32N2O2S. The number of nitrogens with zero attached hydrogens (tertiary/aromatic N) is 1. The zero-order chi connectivity index (χ0) is 15.9. The average Bonchev–Trinajstić information content (AvgIpc) is 2.73. The van der Waals surface area contributed by atoms with Crippen molar-refractivity contribution in [2.24, 2.45) is 5.92 Å². The van der Waals surface area contributed by atoms with Gasteiger partial charge in [0.15, 0.2) is 9.84 Å². The predicted molar refractivity (Wildman–Crippen MR) is 88.3 cm³/mol. The molecular weight excluding hydrogens is 284 g/mol. The second-order valence-corrected chi connectivity index (χ2v) is 9.83. The summed E-state index contributed by atoms with van der Waals surface area (Å²) in [5, 5.41) is 3.76. The Morgan fingerprint density at radius 1 is 1.29 bits per heavy atom. The molecule has 0 amide bonds. The molecule has 2 saturated heterocycles. The zero-order valence-electron chi connectivity index (χ0n) is 14.3. The molecule has 1 N–H and O–H groups in total. The summed E-state index contributed by atoms with van der Waals surface area (Å²) in [5.74, 6) is 1.21.